The molecule has 0 aliphatic rings. The van der Waals surface area contributed by atoms with E-state index in [-0.39, 0.29) is 11.7 Å². The zero-order valence-corrected chi connectivity index (χ0v) is 11.0. The molecule has 1 aromatic heterocycles. The van der Waals surface area contributed by atoms with Crippen LogP contribution in [-0.4, -0.2) is 9.78 Å². The summed E-state index contributed by atoms with van der Waals surface area (Å²) >= 11 is 11.8. The van der Waals surface area contributed by atoms with Crippen LogP contribution in [0, 0.1) is 19.7 Å². The first kappa shape index (κ1) is 12.4. The largest absolute Gasteiger partial charge is 0.236 e. The molecule has 0 saturated carbocycles. The van der Waals surface area contributed by atoms with E-state index in [2.05, 4.69) is 5.10 Å². The van der Waals surface area contributed by atoms with Crippen LogP contribution in [0.2, 0.25) is 5.02 Å². The summed E-state index contributed by atoms with van der Waals surface area (Å²) in [4.78, 5) is 0. The second-order valence-corrected chi connectivity index (χ2v) is 4.49. The van der Waals surface area contributed by atoms with Crippen molar-refractivity contribution in [2.75, 3.05) is 0 Å². The molecule has 1 aromatic carbocycles. The van der Waals surface area contributed by atoms with Crippen molar-refractivity contribution in [2.24, 2.45) is 0 Å². The van der Waals surface area contributed by atoms with Crippen LogP contribution in [0.1, 0.15) is 17.0 Å². The Bertz CT molecular complexity index is 564. The number of aryl methyl sites for hydroxylation is 1. The highest BCUT2D eigenvalue weighted by Crippen LogP contribution is 2.23. The molecule has 0 atom stereocenters. The molecule has 2 rings (SSSR count). The summed E-state index contributed by atoms with van der Waals surface area (Å²) in [6.45, 7) is 3.65. The van der Waals surface area contributed by atoms with Gasteiger partial charge < -0.3 is 0 Å². The summed E-state index contributed by atoms with van der Waals surface area (Å²) in [5.74, 6) is -0.0699. The lowest BCUT2D eigenvalue weighted by Gasteiger charge is -2.06. The Morgan fingerprint density at radius 1 is 1.29 bits per heavy atom. The van der Waals surface area contributed by atoms with Crippen LogP contribution in [0.3, 0.4) is 0 Å². The van der Waals surface area contributed by atoms with Gasteiger partial charge in [-0.05, 0) is 37.6 Å². The molecule has 0 unspecified atom stereocenters. The monoisotopic (exact) mass is 272 g/mol. The maximum Gasteiger partial charge on any atom is 0.125 e. The van der Waals surface area contributed by atoms with E-state index < -0.39 is 0 Å². The number of hydrogen-bond donors (Lipinski definition) is 0. The lowest BCUT2D eigenvalue weighted by Crippen LogP contribution is -2.00. The van der Waals surface area contributed by atoms with Crippen LogP contribution in [-0.2, 0) is 5.88 Å². The van der Waals surface area contributed by atoms with Gasteiger partial charge >= 0.3 is 0 Å². The quantitative estimate of drug-likeness (QED) is 0.755. The lowest BCUT2D eigenvalue weighted by molar-refractivity contribution is 0.623. The van der Waals surface area contributed by atoms with Gasteiger partial charge in [0, 0.05) is 5.88 Å². The van der Waals surface area contributed by atoms with Crippen molar-refractivity contribution in [3.63, 3.8) is 0 Å². The van der Waals surface area contributed by atoms with Gasteiger partial charge in [0.15, 0.2) is 0 Å². The van der Waals surface area contributed by atoms with E-state index >= 15 is 0 Å². The highest BCUT2D eigenvalue weighted by Gasteiger charge is 2.11. The van der Waals surface area contributed by atoms with Crippen molar-refractivity contribution in [2.45, 2.75) is 19.7 Å². The maximum atomic E-state index is 13.4. The summed E-state index contributed by atoms with van der Waals surface area (Å²) < 4.78 is 15.0. The zero-order valence-electron chi connectivity index (χ0n) is 9.47. The number of rotatable bonds is 2. The molecule has 0 aliphatic heterocycles. The van der Waals surface area contributed by atoms with Crippen molar-refractivity contribution >= 4 is 23.2 Å². The SMILES string of the molecule is Cc1nn(-c2cc(F)cc(CCl)c2)c(C)c1Cl. The van der Waals surface area contributed by atoms with Crippen molar-refractivity contribution in [1.82, 2.24) is 9.78 Å². The van der Waals surface area contributed by atoms with Gasteiger partial charge in [-0.2, -0.15) is 5.10 Å². The topological polar surface area (TPSA) is 17.8 Å². The molecule has 0 amide bonds. The summed E-state index contributed by atoms with van der Waals surface area (Å²) in [6, 6.07) is 4.61. The Balaban J connectivity index is 2.59. The first-order chi connectivity index (χ1) is 8.02. The van der Waals surface area contributed by atoms with Crippen LogP contribution in [0.25, 0.3) is 5.69 Å². The number of halogens is 3. The summed E-state index contributed by atoms with van der Waals surface area (Å²) in [5.41, 5.74) is 2.86. The van der Waals surface area contributed by atoms with Crippen LogP contribution >= 0.6 is 23.2 Å². The molecule has 2 nitrogen and oxygen atoms in total. The minimum Gasteiger partial charge on any atom is -0.236 e. The van der Waals surface area contributed by atoms with Crippen LogP contribution in [0.15, 0.2) is 18.2 Å². The molecule has 0 fully saturated rings. The molecule has 2 aromatic rings. The first-order valence-corrected chi connectivity index (χ1v) is 6.01. The van der Waals surface area contributed by atoms with E-state index in [9.17, 15) is 4.39 Å². The predicted molar refractivity (Wildman–Crippen MR) is 67.6 cm³/mol. The van der Waals surface area contributed by atoms with E-state index in [4.69, 9.17) is 23.2 Å². The van der Waals surface area contributed by atoms with Crippen molar-refractivity contribution in [3.05, 3.63) is 46.0 Å². The fraction of sp³-hybridized carbons (Fsp3) is 0.250. The average Bonchev–Trinajstić information content (AvgIpc) is 2.56. The van der Waals surface area contributed by atoms with Crippen molar-refractivity contribution in [1.29, 1.82) is 0 Å². The predicted octanol–water partition coefficient (Wildman–Crippen LogP) is 4.02. The molecular weight excluding hydrogens is 262 g/mol. The molecule has 5 heteroatoms. The molecule has 0 bridgehead atoms. The van der Waals surface area contributed by atoms with E-state index in [1.807, 2.05) is 13.8 Å². The fourth-order valence-electron chi connectivity index (χ4n) is 1.71. The second-order valence-electron chi connectivity index (χ2n) is 3.85. The molecular formula is C12H11Cl2FN2. The Morgan fingerprint density at radius 2 is 2.00 bits per heavy atom. The Labute approximate surface area is 109 Å². The third kappa shape index (κ3) is 2.31. The molecule has 0 saturated heterocycles. The van der Waals surface area contributed by atoms with E-state index in [0.717, 1.165) is 11.4 Å². The van der Waals surface area contributed by atoms with Gasteiger partial charge in [-0.15, -0.1) is 11.6 Å². The molecule has 0 N–H and O–H groups in total. The molecule has 0 aliphatic carbocycles. The van der Waals surface area contributed by atoms with E-state index in [0.29, 0.717) is 16.3 Å². The minimum absolute atomic E-state index is 0.262. The minimum atomic E-state index is -0.332. The highest BCUT2D eigenvalue weighted by molar-refractivity contribution is 6.31. The van der Waals surface area contributed by atoms with Gasteiger partial charge in [0.1, 0.15) is 5.82 Å². The van der Waals surface area contributed by atoms with E-state index in [1.54, 1.807) is 10.7 Å². The van der Waals surface area contributed by atoms with Gasteiger partial charge in [0.2, 0.25) is 0 Å². The Hall–Kier alpha value is -1.06. The van der Waals surface area contributed by atoms with Gasteiger partial charge in [0.25, 0.3) is 0 Å². The van der Waals surface area contributed by atoms with Crippen LogP contribution in [0.4, 0.5) is 4.39 Å². The summed E-state index contributed by atoms with van der Waals surface area (Å²) in [7, 11) is 0. The second kappa shape index (κ2) is 4.67. The van der Waals surface area contributed by atoms with Gasteiger partial charge in [0.05, 0.1) is 22.1 Å². The molecule has 1 heterocycles. The van der Waals surface area contributed by atoms with Crippen molar-refractivity contribution in [3.8, 4) is 5.69 Å². The van der Waals surface area contributed by atoms with Gasteiger partial charge in [-0.3, -0.25) is 0 Å². The number of benzene rings is 1. The Morgan fingerprint density at radius 3 is 2.53 bits per heavy atom. The van der Waals surface area contributed by atoms with Gasteiger partial charge in [-0.1, -0.05) is 11.6 Å². The third-order valence-electron chi connectivity index (χ3n) is 2.54. The smallest absolute Gasteiger partial charge is 0.125 e. The lowest BCUT2D eigenvalue weighted by atomic mass is 10.2. The maximum absolute atomic E-state index is 13.4. The third-order valence-corrected chi connectivity index (χ3v) is 3.40. The normalized spacial score (nSPS) is 10.9. The van der Waals surface area contributed by atoms with E-state index in [1.165, 1.54) is 12.1 Å². The molecule has 17 heavy (non-hydrogen) atoms. The number of aromatic nitrogens is 2. The van der Waals surface area contributed by atoms with Gasteiger partial charge in [-0.25, -0.2) is 9.07 Å². The molecule has 90 valence electrons. The zero-order chi connectivity index (χ0) is 12.6. The Kier molecular flexibility index (Phi) is 3.40. The standard InChI is InChI=1S/C12H11Cl2FN2/c1-7-12(14)8(2)17(16-7)11-4-9(6-13)3-10(15)5-11/h3-5H,6H2,1-2H3. The highest BCUT2D eigenvalue weighted by atomic mass is 35.5. The number of nitrogens with zero attached hydrogens (tertiary/aromatic N) is 2. The molecule has 0 radical (unpaired) electrons. The number of alkyl halides is 1. The molecule has 0 spiro atoms. The van der Waals surface area contributed by atoms with Crippen LogP contribution in [0.5, 0.6) is 0 Å². The number of hydrogen-bond acceptors (Lipinski definition) is 1. The summed E-state index contributed by atoms with van der Waals surface area (Å²) in [6.07, 6.45) is 0. The fourth-order valence-corrected chi connectivity index (χ4v) is 1.98. The first-order valence-electron chi connectivity index (χ1n) is 5.10. The van der Waals surface area contributed by atoms with Crippen molar-refractivity contribution < 1.29 is 4.39 Å². The van der Waals surface area contributed by atoms with Crippen LogP contribution < -0.4 is 0 Å². The average molecular weight is 273 g/mol. The summed E-state index contributed by atoms with van der Waals surface area (Å²) in [5, 5.41) is 4.87.